The molecule has 0 N–H and O–H groups in total. The quantitative estimate of drug-likeness (QED) is 0.672. The highest BCUT2D eigenvalue weighted by Crippen LogP contribution is 2.30. The monoisotopic (exact) mass is 194 g/mol. The Bertz CT molecular complexity index is 357. The fourth-order valence-corrected chi connectivity index (χ4v) is 2.04. The van der Waals surface area contributed by atoms with E-state index in [1.807, 2.05) is 12.1 Å². The zero-order valence-corrected chi connectivity index (χ0v) is 8.27. The Balaban J connectivity index is 2.45. The van der Waals surface area contributed by atoms with Crippen molar-refractivity contribution in [3.63, 3.8) is 0 Å². The minimum absolute atomic E-state index is 0.188. The van der Waals surface area contributed by atoms with E-state index in [0.29, 0.717) is 5.02 Å². The van der Waals surface area contributed by atoms with Crippen LogP contribution < -0.4 is 0 Å². The van der Waals surface area contributed by atoms with Crippen molar-refractivity contribution in [2.24, 2.45) is 5.92 Å². The number of carbonyl (C=O) groups is 1. The van der Waals surface area contributed by atoms with Gasteiger partial charge >= 0.3 is 0 Å². The first kappa shape index (κ1) is 8.76. The van der Waals surface area contributed by atoms with Crippen LogP contribution in [0.25, 0.3) is 0 Å². The molecule has 2 rings (SSSR count). The van der Waals surface area contributed by atoms with Crippen LogP contribution in [0.3, 0.4) is 0 Å². The SMILES string of the molecule is CCC1Cc2ccc(Cl)cc2C1=O. The third-order valence-corrected chi connectivity index (χ3v) is 2.90. The number of halogens is 1. The number of rotatable bonds is 1. The fourth-order valence-electron chi connectivity index (χ4n) is 1.86. The average Bonchev–Trinajstić information content (AvgIpc) is 2.44. The molecule has 0 aromatic heterocycles. The summed E-state index contributed by atoms with van der Waals surface area (Å²) in [5.41, 5.74) is 1.99. The summed E-state index contributed by atoms with van der Waals surface area (Å²) in [5.74, 6) is 0.452. The van der Waals surface area contributed by atoms with Crippen LogP contribution in [0.5, 0.6) is 0 Å². The van der Waals surface area contributed by atoms with Gasteiger partial charge in [0.1, 0.15) is 0 Å². The van der Waals surface area contributed by atoms with Gasteiger partial charge in [-0.05, 0) is 30.5 Å². The van der Waals surface area contributed by atoms with E-state index in [9.17, 15) is 4.79 Å². The molecule has 0 saturated heterocycles. The molecule has 1 aliphatic rings. The fraction of sp³-hybridized carbons (Fsp3) is 0.364. The van der Waals surface area contributed by atoms with Gasteiger partial charge in [-0.3, -0.25) is 4.79 Å². The van der Waals surface area contributed by atoms with E-state index in [0.717, 1.165) is 24.0 Å². The first-order valence-corrected chi connectivity index (χ1v) is 4.92. The molecule has 0 saturated carbocycles. The van der Waals surface area contributed by atoms with Crippen LogP contribution in [-0.4, -0.2) is 5.78 Å². The van der Waals surface area contributed by atoms with Crippen LogP contribution in [0.4, 0.5) is 0 Å². The lowest BCUT2D eigenvalue weighted by molar-refractivity contribution is 0.0934. The second kappa shape index (κ2) is 3.15. The predicted molar refractivity (Wildman–Crippen MR) is 53.3 cm³/mol. The topological polar surface area (TPSA) is 17.1 Å². The summed E-state index contributed by atoms with van der Waals surface area (Å²) < 4.78 is 0. The Morgan fingerprint density at radius 1 is 1.54 bits per heavy atom. The molecule has 1 aliphatic carbocycles. The maximum Gasteiger partial charge on any atom is 0.166 e. The van der Waals surface area contributed by atoms with Crippen molar-refractivity contribution in [1.29, 1.82) is 0 Å². The van der Waals surface area contributed by atoms with Gasteiger partial charge in [0.25, 0.3) is 0 Å². The van der Waals surface area contributed by atoms with Crippen molar-refractivity contribution in [1.82, 2.24) is 0 Å². The summed E-state index contributed by atoms with van der Waals surface area (Å²) in [6.07, 6.45) is 1.81. The summed E-state index contributed by atoms with van der Waals surface area (Å²) in [6, 6.07) is 5.60. The Hall–Kier alpha value is -0.820. The summed E-state index contributed by atoms with van der Waals surface area (Å²) in [6.45, 7) is 2.05. The first-order chi connectivity index (χ1) is 6.22. The summed E-state index contributed by atoms with van der Waals surface area (Å²) in [4.78, 5) is 11.7. The Morgan fingerprint density at radius 2 is 2.31 bits per heavy atom. The molecule has 1 aromatic rings. The van der Waals surface area contributed by atoms with Gasteiger partial charge in [-0.1, -0.05) is 24.6 Å². The summed E-state index contributed by atoms with van der Waals surface area (Å²) in [5, 5.41) is 0.656. The molecule has 2 heteroatoms. The van der Waals surface area contributed by atoms with Gasteiger partial charge in [0.2, 0.25) is 0 Å². The maximum absolute atomic E-state index is 11.7. The number of benzene rings is 1. The molecule has 1 aromatic carbocycles. The van der Waals surface area contributed by atoms with Crippen LogP contribution in [0.2, 0.25) is 5.02 Å². The van der Waals surface area contributed by atoms with Crippen molar-refractivity contribution in [3.8, 4) is 0 Å². The second-order valence-corrected chi connectivity index (χ2v) is 3.91. The number of ketones is 1. The third-order valence-electron chi connectivity index (χ3n) is 2.67. The standard InChI is InChI=1S/C11H11ClO/c1-2-7-5-8-3-4-9(12)6-10(8)11(7)13/h3-4,6-7H,2,5H2,1H3. The van der Waals surface area contributed by atoms with Crippen LogP contribution in [0.15, 0.2) is 18.2 Å². The van der Waals surface area contributed by atoms with Gasteiger partial charge < -0.3 is 0 Å². The molecule has 13 heavy (non-hydrogen) atoms. The molecule has 0 spiro atoms. The van der Waals surface area contributed by atoms with Crippen LogP contribution in [0.1, 0.15) is 29.3 Å². The minimum Gasteiger partial charge on any atom is -0.294 e. The zero-order chi connectivity index (χ0) is 9.42. The van der Waals surface area contributed by atoms with E-state index in [1.165, 1.54) is 0 Å². The molecule has 1 unspecified atom stereocenters. The van der Waals surface area contributed by atoms with Crippen molar-refractivity contribution >= 4 is 17.4 Å². The third kappa shape index (κ3) is 1.37. The van der Waals surface area contributed by atoms with E-state index >= 15 is 0 Å². The first-order valence-electron chi connectivity index (χ1n) is 4.55. The molecule has 0 bridgehead atoms. The highest BCUT2D eigenvalue weighted by Gasteiger charge is 2.28. The zero-order valence-electron chi connectivity index (χ0n) is 7.51. The van der Waals surface area contributed by atoms with Gasteiger partial charge in [-0.15, -0.1) is 0 Å². The lowest BCUT2D eigenvalue weighted by Gasteiger charge is -2.00. The van der Waals surface area contributed by atoms with Gasteiger partial charge in [0.15, 0.2) is 5.78 Å². The highest BCUT2D eigenvalue weighted by atomic mass is 35.5. The van der Waals surface area contributed by atoms with Crippen molar-refractivity contribution in [3.05, 3.63) is 34.3 Å². The summed E-state index contributed by atoms with van der Waals surface area (Å²) >= 11 is 5.83. The molecule has 1 atom stereocenters. The van der Waals surface area contributed by atoms with E-state index in [4.69, 9.17) is 11.6 Å². The van der Waals surface area contributed by atoms with Crippen LogP contribution in [0, 0.1) is 5.92 Å². The Kier molecular flexibility index (Phi) is 2.12. The molecule has 1 nitrogen and oxygen atoms in total. The van der Waals surface area contributed by atoms with Crippen molar-refractivity contribution in [2.75, 3.05) is 0 Å². The molecule has 68 valence electrons. The van der Waals surface area contributed by atoms with Crippen molar-refractivity contribution in [2.45, 2.75) is 19.8 Å². The van der Waals surface area contributed by atoms with Crippen LogP contribution in [-0.2, 0) is 6.42 Å². The van der Waals surface area contributed by atoms with Gasteiger partial charge in [-0.25, -0.2) is 0 Å². The average molecular weight is 195 g/mol. The summed E-state index contributed by atoms with van der Waals surface area (Å²) in [7, 11) is 0. The predicted octanol–water partition coefficient (Wildman–Crippen LogP) is 3.11. The second-order valence-electron chi connectivity index (χ2n) is 3.48. The Morgan fingerprint density at radius 3 is 3.00 bits per heavy atom. The molecule has 0 heterocycles. The van der Waals surface area contributed by atoms with E-state index in [2.05, 4.69) is 6.92 Å². The smallest absolute Gasteiger partial charge is 0.166 e. The molecule has 0 fully saturated rings. The number of fused-ring (bicyclic) bond motifs is 1. The largest absolute Gasteiger partial charge is 0.294 e. The molecule has 0 amide bonds. The highest BCUT2D eigenvalue weighted by molar-refractivity contribution is 6.31. The van der Waals surface area contributed by atoms with Crippen LogP contribution >= 0.6 is 11.6 Å². The lowest BCUT2D eigenvalue weighted by atomic mass is 10.0. The number of Topliss-reactive ketones (excluding diaryl/α,β-unsaturated/α-hetero) is 1. The molecule has 0 aliphatic heterocycles. The number of hydrogen-bond donors (Lipinski definition) is 0. The minimum atomic E-state index is 0.188. The number of carbonyl (C=O) groups excluding carboxylic acids is 1. The van der Waals surface area contributed by atoms with Crippen molar-refractivity contribution < 1.29 is 4.79 Å². The van der Waals surface area contributed by atoms with Gasteiger partial charge in [0.05, 0.1) is 0 Å². The van der Waals surface area contributed by atoms with E-state index in [1.54, 1.807) is 6.07 Å². The molecular weight excluding hydrogens is 184 g/mol. The van der Waals surface area contributed by atoms with E-state index in [-0.39, 0.29) is 11.7 Å². The van der Waals surface area contributed by atoms with Gasteiger partial charge in [-0.2, -0.15) is 0 Å². The van der Waals surface area contributed by atoms with Gasteiger partial charge in [0, 0.05) is 16.5 Å². The van der Waals surface area contributed by atoms with E-state index < -0.39 is 0 Å². The number of hydrogen-bond acceptors (Lipinski definition) is 1. The normalized spacial score (nSPS) is 20.5. The Labute approximate surface area is 82.7 Å². The molecular formula is C11H11ClO. The lowest BCUT2D eigenvalue weighted by Crippen LogP contribution is -2.06. The maximum atomic E-state index is 11.7. The molecule has 0 radical (unpaired) electrons.